The molecule has 0 spiro atoms. The number of hydrogen-bond donors (Lipinski definition) is 2. The monoisotopic (exact) mass is 517 g/mol. The van der Waals surface area contributed by atoms with Crippen LogP contribution >= 0.6 is 11.6 Å². The summed E-state index contributed by atoms with van der Waals surface area (Å²) in [6.07, 6.45) is 5.68. The number of ether oxygens (including phenoxy) is 2. The first-order valence-electron chi connectivity index (χ1n) is 12.0. The molecular formula is C25H38ClF2N3O4. The molecule has 0 radical (unpaired) electrons. The van der Waals surface area contributed by atoms with Crippen LogP contribution in [-0.4, -0.2) is 61.2 Å². The van der Waals surface area contributed by atoms with E-state index < -0.39 is 17.6 Å². The van der Waals surface area contributed by atoms with Crippen molar-refractivity contribution in [2.24, 2.45) is 5.73 Å². The molecular weight excluding hydrogens is 480 g/mol. The minimum Gasteiger partial charge on any atom is -0.489 e. The largest absolute Gasteiger partial charge is 0.489 e. The molecule has 7 nitrogen and oxygen atoms in total. The van der Waals surface area contributed by atoms with Gasteiger partial charge in [-0.2, -0.15) is 8.78 Å². The first-order chi connectivity index (χ1) is 16.3. The highest BCUT2D eigenvalue weighted by atomic mass is 35.5. The first kappa shape index (κ1) is 29.3. The highest BCUT2D eigenvalue weighted by molar-refractivity contribution is 6.32. The van der Waals surface area contributed by atoms with Crippen LogP contribution in [0.15, 0.2) is 18.2 Å². The van der Waals surface area contributed by atoms with E-state index in [1.54, 1.807) is 0 Å². The van der Waals surface area contributed by atoms with Gasteiger partial charge in [-0.15, -0.1) is 0 Å². The zero-order valence-corrected chi connectivity index (χ0v) is 21.7. The second-order valence-electron chi connectivity index (χ2n) is 10.2. The number of aldehydes is 1. The summed E-state index contributed by atoms with van der Waals surface area (Å²) in [5.41, 5.74) is 4.37. The third-order valence-corrected chi connectivity index (χ3v) is 6.23. The minimum absolute atomic E-state index is 0.0103. The summed E-state index contributed by atoms with van der Waals surface area (Å²) >= 11 is 5.97. The number of carbonyl (C=O) groups is 2. The second-order valence-corrected chi connectivity index (χ2v) is 10.6. The van der Waals surface area contributed by atoms with Gasteiger partial charge >= 0.3 is 6.09 Å². The fraction of sp³-hybridized carbons (Fsp3) is 0.680. The second kappa shape index (κ2) is 12.8. The molecule has 1 unspecified atom stereocenters. The van der Waals surface area contributed by atoms with Crippen LogP contribution in [0.4, 0.5) is 13.6 Å². The van der Waals surface area contributed by atoms with Gasteiger partial charge < -0.3 is 30.2 Å². The van der Waals surface area contributed by atoms with Gasteiger partial charge in [0.2, 0.25) is 0 Å². The Morgan fingerprint density at radius 1 is 1.20 bits per heavy atom. The van der Waals surface area contributed by atoms with Crippen LogP contribution in [0.5, 0.6) is 5.75 Å². The molecule has 3 N–H and O–H groups in total. The van der Waals surface area contributed by atoms with Crippen molar-refractivity contribution < 1.29 is 27.8 Å². The fourth-order valence-electron chi connectivity index (χ4n) is 3.89. The van der Waals surface area contributed by atoms with Crippen LogP contribution in [0, 0.1) is 0 Å². The number of nitrogens with one attached hydrogen (secondary N) is 1. The molecule has 1 amide bonds. The smallest absolute Gasteiger partial charge is 0.407 e. The van der Waals surface area contributed by atoms with E-state index in [0.717, 1.165) is 57.7 Å². The molecule has 0 aromatic heterocycles. The van der Waals surface area contributed by atoms with E-state index in [1.165, 1.54) is 12.1 Å². The van der Waals surface area contributed by atoms with Gasteiger partial charge in [0.05, 0.1) is 11.1 Å². The van der Waals surface area contributed by atoms with Crippen LogP contribution < -0.4 is 15.8 Å². The Morgan fingerprint density at radius 2 is 1.80 bits per heavy atom. The van der Waals surface area contributed by atoms with E-state index in [9.17, 15) is 18.4 Å². The molecule has 1 aliphatic heterocycles. The van der Waals surface area contributed by atoms with Gasteiger partial charge in [-0.05, 0) is 91.6 Å². The Kier molecular flexibility index (Phi) is 10.7. The Labute approximate surface area is 211 Å². The molecule has 3 rings (SSSR count). The Morgan fingerprint density at radius 3 is 2.34 bits per heavy atom. The number of hydrogen-bond acceptors (Lipinski definition) is 6. The zero-order chi connectivity index (χ0) is 26.2. The lowest BCUT2D eigenvalue weighted by molar-refractivity contribution is -0.118. The number of carbonyl (C=O) groups excluding carboxylic acids is 2. The van der Waals surface area contributed by atoms with Crippen LogP contribution in [0.1, 0.15) is 64.9 Å². The molecule has 2 fully saturated rings. The van der Waals surface area contributed by atoms with E-state index in [2.05, 4.69) is 17.3 Å². The van der Waals surface area contributed by atoms with Gasteiger partial charge in [0.25, 0.3) is 5.92 Å². The van der Waals surface area contributed by atoms with E-state index in [1.807, 2.05) is 20.8 Å². The number of nitrogens with zero attached hydrogens (tertiary/aromatic N) is 1. The summed E-state index contributed by atoms with van der Waals surface area (Å²) < 4.78 is 38.7. The lowest BCUT2D eigenvalue weighted by atomic mass is 10.0. The average Bonchev–Trinajstić information content (AvgIpc) is 3.28. The van der Waals surface area contributed by atoms with Gasteiger partial charge in [0.1, 0.15) is 23.7 Å². The molecule has 10 heteroatoms. The standard InChI is InChI=1S/C14H16ClF2NO2.C11H22N2O2/c15-11-6-5-9(14(16,17)13(18)8-19)7-12(11)20-10-3-1-2-4-10;1-11(2,3)15-10(14)12-9-5-7-13(4)8-6-9/h5-8,10,13H,1-4,18H2;9H,5-8H2,1-4H3,(H,12,14). The molecule has 198 valence electrons. The van der Waals surface area contributed by atoms with Crippen molar-refractivity contribution in [3.05, 3.63) is 28.8 Å². The lowest BCUT2D eigenvalue weighted by Gasteiger charge is -2.30. The van der Waals surface area contributed by atoms with Crippen molar-refractivity contribution >= 4 is 24.0 Å². The van der Waals surface area contributed by atoms with Gasteiger partial charge in [0, 0.05) is 11.6 Å². The first-order valence-corrected chi connectivity index (χ1v) is 12.4. The molecule has 35 heavy (non-hydrogen) atoms. The summed E-state index contributed by atoms with van der Waals surface area (Å²) in [6.45, 7) is 7.71. The third-order valence-electron chi connectivity index (χ3n) is 5.92. The summed E-state index contributed by atoms with van der Waals surface area (Å²) in [5.74, 6) is -3.23. The highest BCUT2D eigenvalue weighted by Gasteiger charge is 2.39. The number of alkyl halides is 2. The molecule has 0 bridgehead atoms. The number of rotatable bonds is 6. The highest BCUT2D eigenvalue weighted by Crippen LogP contribution is 2.37. The van der Waals surface area contributed by atoms with Crippen molar-refractivity contribution in [1.29, 1.82) is 0 Å². The van der Waals surface area contributed by atoms with Gasteiger partial charge in [-0.1, -0.05) is 17.7 Å². The number of amides is 1. The number of nitrogens with two attached hydrogens (primary N) is 1. The summed E-state index contributed by atoms with van der Waals surface area (Å²) in [5, 5.41) is 3.18. The molecule has 1 heterocycles. The van der Waals surface area contributed by atoms with Crippen molar-refractivity contribution in [2.45, 2.75) is 89.0 Å². The van der Waals surface area contributed by atoms with E-state index in [-0.39, 0.29) is 40.9 Å². The topological polar surface area (TPSA) is 93.9 Å². The van der Waals surface area contributed by atoms with Crippen LogP contribution in [-0.2, 0) is 15.5 Å². The fourth-order valence-corrected chi connectivity index (χ4v) is 4.05. The molecule has 1 aromatic carbocycles. The maximum absolute atomic E-state index is 13.9. The quantitative estimate of drug-likeness (QED) is 0.522. The van der Waals surface area contributed by atoms with Crippen molar-refractivity contribution in [3.8, 4) is 5.75 Å². The van der Waals surface area contributed by atoms with Crippen molar-refractivity contribution in [1.82, 2.24) is 10.2 Å². The average molecular weight is 518 g/mol. The predicted octanol–water partition coefficient (Wildman–Crippen LogP) is 4.88. The lowest BCUT2D eigenvalue weighted by Crippen LogP contribution is -2.45. The number of likely N-dealkylation sites (tertiary alicyclic amines) is 1. The van der Waals surface area contributed by atoms with Gasteiger partial charge in [0.15, 0.2) is 0 Å². The van der Waals surface area contributed by atoms with E-state index in [4.69, 9.17) is 26.8 Å². The number of piperidine rings is 1. The summed E-state index contributed by atoms with van der Waals surface area (Å²) in [6, 6.07) is 2.06. The van der Waals surface area contributed by atoms with Crippen LogP contribution in [0.25, 0.3) is 0 Å². The number of alkyl carbamates (subject to hydrolysis) is 1. The molecule has 1 saturated heterocycles. The SMILES string of the molecule is CN1CCC(NC(=O)OC(C)(C)C)CC1.NC(C=O)C(F)(F)c1ccc(Cl)c(OC2CCCC2)c1. The molecule has 1 atom stereocenters. The molecule has 1 aromatic rings. The van der Waals surface area contributed by atoms with E-state index >= 15 is 0 Å². The van der Waals surface area contributed by atoms with E-state index in [0.29, 0.717) is 0 Å². The maximum Gasteiger partial charge on any atom is 0.407 e. The number of halogens is 3. The van der Waals surface area contributed by atoms with Gasteiger partial charge in [-0.25, -0.2) is 4.79 Å². The molecule has 1 aliphatic carbocycles. The summed E-state index contributed by atoms with van der Waals surface area (Å²) in [7, 11) is 2.10. The van der Waals surface area contributed by atoms with Crippen molar-refractivity contribution in [2.75, 3.05) is 20.1 Å². The van der Waals surface area contributed by atoms with Crippen LogP contribution in [0.2, 0.25) is 5.02 Å². The molecule has 2 aliphatic rings. The van der Waals surface area contributed by atoms with Gasteiger partial charge in [-0.3, -0.25) is 0 Å². The Bertz CT molecular complexity index is 836. The molecule has 1 saturated carbocycles. The Balaban J connectivity index is 0.000000258. The normalized spacial score (nSPS) is 18.9. The number of benzene rings is 1. The zero-order valence-electron chi connectivity index (χ0n) is 21.0. The third kappa shape index (κ3) is 9.54. The minimum atomic E-state index is -3.44. The predicted molar refractivity (Wildman–Crippen MR) is 132 cm³/mol. The summed E-state index contributed by atoms with van der Waals surface area (Å²) in [4.78, 5) is 24.2. The maximum atomic E-state index is 13.9. The van der Waals surface area contributed by atoms with Crippen LogP contribution in [0.3, 0.4) is 0 Å². The Hall–Kier alpha value is -1.97. The van der Waals surface area contributed by atoms with Crippen molar-refractivity contribution in [3.63, 3.8) is 0 Å².